The Morgan fingerprint density at radius 2 is 1.14 bits per heavy atom. The van der Waals surface area contributed by atoms with E-state index in [-0.39, 0.29) is 5.91 Å². The minimum atomic E-state index is -0.0245. The van der Waals surface area contributed by atoms with Gasteiger partial charge in [0.25, 0.3) is 5.91 Å². The molecule has 7 nitrogen and oxygen atoms in total. The topological polar surface area (TPSA) is 54.5 Å². The summed E-state index contributed by atoms with van der Waals surface area (Å²) in [7, 11) is 4.68. The van der Waals surface area contributed by atoms with Crippen LogP contribution in [0.1, 0.15) is 38.1 Å². The molecule has 0 aliphatic carbocycles. The number of methoxy groups -OCH3 is 3. The van der Waals surface area contributed by atoms with Crippen LogP contribution in [-0.2, 0) is 0 Å². The average molecular weight is 410 g/mol. The van der Waals surface area contributed by atoms with Crippen molar-refractivity contribution >= 4 is 5.91 Å². The average Bonchev–Trinajstić information content (AvgIpc) is 2.77. The third-order valence-electron chi connectivity index (χ3n) is 5.36. The Hall–Kier alpha value is -1.99. The van der Waals surface area contributed by atoms with Gasteiger partial charge in [0, 0.05) is 31.7 Å². The van der Waals surface area contributed by atoms with E-state index in [0.717, 1.165) is 39.3 Å². The van der Waals surface area contributed by atoms with Crippen LogP contribution in [0, 0.1) is 0 Å². The van der Waals surface area contributed by atoms with Crippen molar-refractivity contribution in [2.24, 2.45) is 0 Å². The van der Waals surface area contributed by atoms with Crippen molar-refractivity contribution < 1.29 is 19.0 Å². The Morgan fingerprint density at radius 1 is 0.724 bits per heavy atom. The molecule has 29 heavy (non-hydrogen) atoms. The molecule has 0 saturated heterocycles. The third kappa shape index (κ3) is 7.08. The monoisotopic (exact) mass is 409 g/mol. The SMILES string of the molecule is CCN(CC)CCN(CCN(CC)CC)C(=O)c1cc(OC)c(OC)c(OC)c1. The van der Waals surface area contributed by atoms with E-state index in [2.05, 4.69) is 37.5 Å². The van der Waals surface area contributed by atoms with Gasteiger partial charge in [-0.3, -0.25) is 4.79 Å². The molecule has 1 amide bonds. The number of amides is 1. The number of hydrogen-bond acceptors (Lipinski definition) is 6. The van der Waals surface area contributed by atoms with Gasteiger partial charge in [-0.2, -0.15) is 0 Å². The molecule has 0 aliphatic rings. The maximum atomic E-state index is 13.4. The van der Waals surface area contributed by atoms with E-state index >= 15 is 0 Å². The fourth-order valence-corrected chi connectivity index (χ4v) is 3.31. The lowest BCUT2D eigenvalue weighted by Crippen LogP contribution is -2.42. The number of nitrogens with zero attached hydrogens (tertiary/aromatic N) is 3. The van der Waals surface area contributed by atoms with Crippen LogP contribution in [0.4, 0.5) is 0 Å². The molecule has 0 heterocycles. The molecule has 0 saturated carbocycles. The highest BCUT2D eigenvalue weighted by molar-refractivity contribution is 5.95. The van der Waals surface area contributed by atoms with Crippen LogP contribution in [0.25, 0.3) is 0 Å². The summed E-state index contributed by atoms with van der Waals surface area (Å²) < 4.78 is 16.2. The Balaban J connectivity index is 3.13. The lowest BCUT2D eigenvalue weighted by atomic mass is 10.1. The Kier molecular flexibility index (Phi) is 11.5. The molecule has 0 radical (unpaired) electrons. The van der Waals surface area contributed by atoms with Crippen molar-refractivity contribution in [2.45, 2.75) is 27.7 Å². The van der Waals surface area contributed by atoms with E-state index in [9.17, 15) is 4.79 Å². The van der Waals surface area contributed by atoms with E-state index in [1.165, 1.54) is 0 Å². The number of benzene rings is 1. The molecule has 1 aromatic rings. The number of likely N-dealkylation sites (N-methyl/N-ethyl adjacent to an activating group) is 2. The van der Waals surface area contributed by atoms with Crippen molar-refractivity contribution in [3.63, 3.8) is 0 Å². The zero-order valence-corrected chi connectivity index (χ0v) is 19.3. The summed E-state index contributed by atoms with van der Waals surface area (Å²) in [5.74, 6) is 1.44. The van der Waals surface area contributed by atoms with Crippen LogP contribution in [-0.4, -0.2) is 94.3 Å². The molecule has 0 aromatic heterocycles. The first-order valence-electron chi connectivity index (χ1n) is 10.5. The molecule has 0 bridgehead atoms. The molecule has 166 valence electrons. The van der Waals surface area contributed by atoms with Crippen LogP contribution >= 0.6 is 0 Å². The minimum absolute atomic E-state index is 0.0245. The second kappa shape index (κ2) is 13.3. The van der Waals surface area contributed by atoms with Gasteiger partial charge in [-0.05, 0) is 38.3 Å². The van der Waals surface area contributed by atoms with Gasteiger partial charge >= 0.3 is 0 Å². The lowest BCUT2D eigenvalue weighted by molar-refractivity contribution is 0.0717. The Labute approximate surface area is 176 Å². The van der Waals surface area contributed by atoms with Gasteiger partial charge in [-0.15, -0.1) is 0 Å². The zero-order valence-electron chi connectivity index (χ0n) is 19.3. The highest BCUT2D eigenvalue weighted by Crippen LogP contribution is 2.38. The quantitative estimate of drug-likeness (QED) is 0.471. The maximum Gasteiger partial charge on any atom is 0.254 e. The molecule has 0 N–H and O–H groups in total. The van der Waals surface area contributed by atoms with E-state index in [1.807, 2.05) is 4.90 Å². The van der Waals surface area contributed by atoms with Gasteiger partial charge in [0.2, 0.25) is 5.75 Å². The van der Waals surface area contributed by atoms with Crippen LogP contribution in [0.15, 0.2) is 12.1 Å². The zero-order chi connectivity index (χ0) is 21.8. The molecule has 7 heteroatoms. The summed E-state index contributed by atoms with van der Waals surface area (Å²) in [6, 6.07) is 3.46. The highest BCUT2D eigenvalue weighted by Gasteiger charge is 2.22. The maximum absolute atomic E-state index is 13.4. The van der Waals surface area contributed by atoms with Gasteiger partial charge in [0.15, 0.2) is 11.5 Å². The van der Waals surface area contributed by atoms with Crippen molar-refractivity contribution in [1.29, 1.82) is 0 Å². The number of carbonyl (C=O) groups excluding carboxylic acids is 1. The summed E-state index contributed by atoms with van der Waals surface area (Å²) in [4.78, 5) is 20.0. The first kappa shape index (κ1) is 25.0. The standard InChI is InChI=1S/C22H39N3O4/c1-8-23(9-2)12-14-25(15-13-24(10-3)11-4)22(26)18-16-19(27-5)21(29-7)20(17-18)28-6/h16-17H,8-15H2,1-7H3. The first-order valence-corrected chi connectivity index (χ1v) is 10.5. The molecule has 0 atom stereocenters. The second-order valence-electron chi connectivity index (χ2n) is 6.76. The highest BCUT2D eigenvalue weighted by atomic mass is 16.5. The number of rotatable bonds is 14. The summed E-state index contributed by atoms with van der Waals surface area (Å²) in [5.41, 5.74) is 0.540. The minimum Gasteiger partial charge on any atom is -0.493 e. The number of ether oxygens (including phenoxy) is 3. The molecule has 0 fully saturated rings. The number of carbonyl (C=O) groups is 1. The summed E-state index contributed by atoms with van der Waals surface area (Å²) in [6.07, 6.45) is 0. The van der Waals surface area contributed by atoms with Gasteiger partial charge < -0.3 is 28.9 Å². The van der Waals surface area contributed by atoms with Crippen molar-refractivity contribution in [2.75, 3.05) is 73.7 Å². The summed E-state index contributed by atoms with van der Waals surface area (Å²) >= 11 is 0. The fraction of sp³-hybridized carbons (Fsp3) is 0.682. The molecular formula is C22H39N3O4. The molecule has 1 aromatic carbocycles. The predicted octanol–water partition coefficient (Wildman–Crippen LogP) is 2.84. The lowest BCUT2D eigenvalue weighted by Gasteiger charge is -2.29. The van der Waals surface area contributed by atoms with Gasteiger partial charge in [0.05, 0.1) is 21.3 Å². The fourth-order valence-electron chi connectivity index (χ4n) is 3.31. The van der Waals surface area contributed by atoms with E-state index in [4.69, 9.17) is 14.2 Å². The smallest absolute Gasteiger partial charge is 0.254 e. The van der Waals surface area contributed by atoms with E-state index in [0.29, 0.717) is 35.9 Å². The second-order valence-corrected chi connectivity index (χ2v) is 6.76. The van der Waals surface area contributed by atoms with Crippen molar-refractivity contribution in [3.8, 4) is 17.2 Å². The number of hydrogen-bond donors (Lipinski definition) is 0. The van der Waals surface area contributed by atoms with Crippen molar-refractivity contribution in [3.05, 3.63) is 17.7 Å². The third-order valence-corrected chi connectivity index (χ3v) is 5.36. The van der Waals surface area contributed by atoms with E-state index < -0.39 is 0 Å². The Bertz CT molecular complexity index is 575. The van der Waals surface area contributed by atoms with Crippen molar-refractivity contribution in [1.82, 2.24) is 14.7 Å². The van der Waals surface area contributed by atoms with Crippen LogP contribution in [0.2, 0.25) is 0 Å². The van der Waals surface area contributed by atoms with Gasteiger partial charge in [-0.25, -0.2) is 0 Å². The molecule has 0 aliphatic heterocycles. The van der Waals surface area contributed by atoms with Crippen LogP contribution < -0.4 is 14.2 Å². The molecular weight excluding hydrogens is 370 g/mol. The predicted molar refractivity (Wildman–Crippen MR) is 118 cm³/mol. The Morgan fingerprint density at radius 3 is 1.45 bits per heavy atom. The first-order chi connectivity index (χ1) is 14.0. The molecule has 1 rings (SSSR count). The largest absolute Gasteiger partial charge is 0.493 e. The van der Waals surface area contributed by atoms with Gasteiger partial charge in [0.1, 0.15) is 0 Å². The normalized spacial score (nSPS) is 11.1. The van der Waals surface area contributed by atoms with Gasteiger partial charge in [-0.1, -0.05) is 27.7 Å². The summed E-state index contributed by atoms with van der Waals surface area (Å²) in [6.45, 7) is 15.5. The van der Waals surface area contributed by atoms with Crippen LogP contribution in [0.5, 0.6) is 17.2 Å². The molecule has 0 spiro atoms. The summed E-state index contributed by atoms with van der Waals surface area (Å²) in [5, 5.41) is 0. The molecule has 0 unspecified atom stereocenters. The van der Waals surface area contributed by atoms with E-state index in [1.54, 1.807) is 33.5 Å². The van der Waals surface area contributed by atoms with Crippen LogP contribution in [0.3, 0.4) is 0 Å².